The zero-order valence-corrected chi connectivity index (χ0v) is 11.4. The minimum atomic E-state index is -0.522. The Morgan fingerprint density at radius 1 is 1.12 bits per heavy atom. The minimum absolute atomic E-state index is 0.522. The highest BCUT2D eigenvalue weighted by Crippen LogP contribution is 2.21. The third-order valence-corrected chi connectivity index (χ3v) is 2.90. The van der Waals surface area contributed by atoms with Crippen LogP contribution in [0.4, 0.5) is 0 Å². The van der Waals surface area contributed by atoms with Crippen LogP contribution in [0.15, 0.2) is 41.0 Å². The first-order valence-electron chi connectivity index (χ1n) is 5.35. The van der Waals surface area contributed by atoms with Crippen LogP contribution in [0.25, 0.3) is 11.3 Å². The van der Waals surface area contributed by atoms with Gasteiger partial charge < -0.3 is 5.73 Å². The molecule has 0 aliphatic carbocycles. The third-order valence-electron chi connectivity index (χ3n) is 2.37. The molecule has 88 valence electrons. The summed E-state index contributed by atoms with van der Waals surface area (Å²) in [6, 6.07) is 9.90. The number of benzene rings is 1. The van der Waals surface area contributed by atoms with Gasteiger partial charge in [-0.25, -0.2) is 9.97 Å². The second kappa shape index (κ2) is 4.55. The zero-order chi connectivity index (χ0) is 12.5. The predicted octanol–water partition coefficient (Wildman–Crippen LogP) is 3.10. The molecule has 0 aliphatic heterocycles. The molecule has 17 heavy (non-hydrogen) atoms. The molecule has 1 aromatic carbocycles. The van der Waals surface area contributed by atoms with Crippen LogP contribution in [0.3, 0.4) is 0 Å². The van der Waals surface area contributed by atoms with E-state index in [-0.39, 0.29) is 0 Å². The second-order valence-electron chi connectivity index (χ2n) is 4.49. The smallest absolute Gasteiger partial charge is 0.148 e. The summed E-state index contributed by atoms with van der Waals surface area (Å²) >= 11 is 3.41. The molecular weight excluding hydrogens is 278 g/mol. The lowest BCUT2D eigenvalue weighted by Gasteiger charge is -2.16. The first-order chi connectivity index (χ1) is 7.97. The van der Waals surface area contributed by atoms with Crippen molar-refractivity contribution in [3.8, 4) is 11.3 Å². The van der Waals surface area contributed by atoms with Crippen molar-refractivity contribution in [2.45, 2.75) is 19.4 Å². The van der Waals surface area contributed by atoms with Gasteiger partial charge in [0.05, 0.1) is 11.2 Å². The molecule has 0 radical (unpaired) electrons. The summed E-state index contributed by atoms with van der Waals surface area (Å²) in [5.41, 5.74) is 7.42. The minimum Gasteiger partial charge on any atom is -0.319 e. The van der Waals surface area contributed by atoms with Gasteiger partial charge in [-0.15, -0.1) is 0 Å². The maximum atomic E-state index is 6.00. The summed E-state index contributed by atoms with van der Waals surface area (Å²) < 4.78 is 1.05. The van der Waals surface area contributed by atoms with E-state index in [1.807, 2.05) is 44.2 Å². The number of nitrogens with zero attached hydrogens (tertiary/aromatic N) is 2. The highest BCUT2D eigenvalue weighted by Gasteiger charge is 2.17. The van der Waals surface area contributed by atoms with Crippen LogP contribution in [0.2, 0.25) is 0 Å². The summed E-state index contributed by atoms with van der Waals surface area (Å²) in [5, 5.41) is 0. The average molecular weight is 292 g/mol. The maximum absolute atomic E-state index is 6.00. The standard InChI is InChI=1S/C13H14BrN3/c1-13(2,15)12-16-8-7-11(17-12)9-3-5-10(14)6-4-9/h3-8H,15H2,1-2H3. The molecule has 4 heteroatoms. The van der Waals surface area contributed by atoms with Crippen molar-refractivity contribution in [2.24, 2.45) is 5.73 Å². The van der Waals surface area contributed by atoms with E-state index in [1.165, 1.54) is 0 Å². The first kappa shape index (κ1) is 12.2. The summed E-state index contributed by atoms with van der Waals surface area (Å²) in [6.07, 6.45) is 1.74. The number of nitrogens with two attached hydrogens (primary N) is 1. The molecule has 1 heterocycles. The van der Waals surface area contributed by atoms with E-state index in [1.54, 1.807) is 6.20 Å². The highest BCUT2D eigenvalue weighted by atomic mass is 79.9. The Morgan fingerprint density at radius 2 is 1.76 bits per heavy atom. The molecular formula is C13H14BrN3. The Labute approximate surface area is 109 Å². The van der Waals surface area contributed by atoms with Crippen LogP contribution >= 0.6 is 15.9 Å². The van der Waals surface area contributed by atoms with Gasteiger partial charge in [0.25, 0.3) is 0 Å². The van der Waals surface area contributed by atoms with Crippen LogP contribution < -0.4 is 5.73 Å². The highest BCUT2D eigenvalue weighted by molar-refractivity contribution is 9.10. The topological polar surface area (TPSA) is 51.8 Å². The summed E-state index contributed by atoms with van der Waals surface area (Å²) in [5.74, 6) is 0.651. The van der Waals surface area contributed by atoms with Gasteiger partial charge in [0.2, 0.25) is 0 Å². The Balaban J connectivity index is 2.43. The first-order valence-corrected chi connectivity index (χ1v) is 6.14. The quantitative estimate of drug-likeness (QED) is 0.925. The molecule has 0 saturated carbocycles. The third kappa shape index (κ3) is 2.90. The number of halogens is 1. The van der Waals surface area contributed by atoms with E-state index in [2.05, 4.69) is 25.9 Å². The van der Waals surface area contributed by atoms with Crippen molar-refractivity contribution >= 4 is 15.9 Å². The maximum Gasteiger partial charge on any atom is 0.148 e. The average Bonchev–Trinajstić information content (AvgIpc) is 2.29. The van der Waals surface area contributed by atoms with Gasteiger partial charge in [0.1, 0.15) is 5.82 Å². The second-order valence-corrected chi connectivity index (χ2v) is 5.41. The van der Waals surface area contributed by atoms with Crippen molar-refractivity contribution in [3.63, 3.8) is 0 Å². The Morgan fingerprint density at radius 3 is 2.35 bits per heavy atom. The Hall–Kier alpha value is -1.26. The summed E-state index contributed by atoms with van der Waals surface area (Å²) in [6.45, 7) is 3.79. The SMILES string of the molecule is CC(C)(N)c1nccc(-c2ccc(Br)cc2)n1. The monoisotopic (exact) mass is 291 g/mol. The fourth-order valence-corrected chi connectivity index (χ4v) is 1.71. The Kier molecular flexibility index (Phi) is 3.26. The van der Waals surface area contributed by atoms with E-state index in [0.29, 0.717) is 5.82 Å². The summed E-state index contributed by atoms with van der Waals surface area (Å²) in [4.78, 5) is 8.70. The Bertz CT molecular complexity index is 515. The lowest BCUT2D eigenvalue weighted by Crippen LogP contribution is -2.31. The van der Waals surface area contributed by atoms with Gasteiger partial charge in [-0.1, -0.05) is 28.1 Å². The van der Waals surface area contributed by atoms with Crippen molar-refractivity contribution in [3.05, 3.63) is 46.8 Å². The van der Waals surface area contributed by atoms with Crippen LogP contribution in [0.1, 0.15) is 19.7 Å². The molecule has 1 aromatic heterocycles. The van der Waals surface area contributed by atoms with Gasteiger partial charge in [-0.3, -0.25) is 0 Å². The molecule has 0 bridgehead atoms. The van der Waals surface area contributed by atoms with Crippen molar-refractivity contribution in [1.82, 2.24) is 9.97 Å². The molecule has 0 saturated heterocycles. The lowest BCUT2D eigenvalue weighted by molar-refractivity contribution is 0.514. The predicted molar refractivity (Wildman–Crippen MR) is 72.4 cm³/mol. The molecule has 0 unspecified atom stereocenters. The van der Waals surface area contributed by atoms with Crippen molar-refractivity contribution in [2.75, 3.05) is 0 Å². The van der Waals surface area contributed by atoms with Gasteiger partial charge in [0, 0.05) is 16.2 Å². The molecule has 2 N–H and O–H groups in total. The fourth-order valence-electron chi connectivity index (χ4n) is 1.45. The van der Waals surface area contributed by atoms with Gasteiger partial charge >= 0.3 is 0 Å². The van der Waals surface area contributed by atoms with Crippen LogP contribution in [0, 0.1) is 0 Å². The van der Waals surface area contributed by atoms with E-state index >= 15 is 0 Å². The van der Waals surface area contributed by atoms with Gasteiger partial charge in [-0.2, -0.15) is 0 Å². The van der Waals surface area contributed by atoms with Gasteiger partial charge in [-0.05, 0) is 32.0 Å². The molecule has 0 amide bonds. The number of hydrogen-bond donors (Lipinski definition) is 1. The van der Waals surface area contributed by atoms with Gasteiger partial charge in [0.15, 0.2) is 0 Å². The van der Waals surface area contributed by atoms with Crippen LogP contribution in [-0.4, -0.2) is 9.97 Å². The fraction of sp³-hybridized carbons (Fsp3) is 0.231. The molecule has 3 nitrogen and oxygen atoms in total. The lowest BCUT2D eigenvalue weighted by atomic mass is 10.1. The molecule has 0 fully saturated rings. The van der Waals surface area contributed by atoms with E-state index < -0.39 is 5.54 Å². The molecule has 2 rings (SSSR count). The molecule has 0 spiro atoms. The van der Waals surface area contributed by atoms with Crippen LogP contribution in [0.5, 0.6) is 0 Å². The molecule has 0 atom stereocenters. The normalized spacial score (nSPS) is 11.5. The number of rotatable bonds is 2. The summed E-state index contributed by atoms with van der Waals surface area (Å²) in [7, 11) is 0. The van der Waals surface area contributed by atoms with E-state index in [9.17, 15) is 0 Å². The van der Waals surface area contributed by atoms with Crippen LogP contribution in [-0.2, 0) is 5.54 Å². The number of aromatic nitrogens is 2. The van der Waals surface area contributed by atoms with E-state index in [0.717, 1.165) is 15.7 Å². The van der Waals surface area contributed by atoms with E-state index in [4.69, 9.17) is 5.73 Å². The van der Waals surface area contributed by atoms with Crippen molar-refractivity contribution < 1.29 is 0 Å². The largest absolute Gasteiger partial charge is 0.319 e. The zero-order valence-electron chi connectivity index (χ0n) is 9.81. The molecule has 2 aromatic rings. The molecule has 0 aliphatic rings. The van der Waals surface area contributed by atoms with Crippen molar-refractivity contribution in [1.29, 1.82) is 0 Å². The number of hydrogen-bond acceptors (Lipinski definition) is 3.